The standard InChI is InChI=1S/C19H23N3O2/c1-15-7-9-16(10-8-15)18(21-11-4-5-12-21)14-20-19(23)17-6-2-3-13-22(17)24/h2-3,6-10,13,18H,4-5,11-12,14H2,1H3,(H,20,23). The molecule has 1 saturated heterocycles. The minimum absolute atomic E-state index is 0.126. The van der Waals surface area contributed by atoms with Crippen LogP contribution in [0, 0.1) is 12.1 Å². The number of nitrogens with one attached hydrogen (secondary N) is 1. The first-order chi connectivity index (χ1) is 11.6. The molecule has 1 amide bonds. The van der Waals surface area contributed by atoms with Gasteiger partial charge in [-0.2, -0.15) is 4.73 Å². The van der Waals surface area contributed by atoms with Crippen LogP contribution in [0.15, 0.2) is 48.7 Å². The molecule has 1 unspecified atom stereocenters. The molecule has 1 aliphatic rings. The summed E-state index contributed by atoms with van der Waals surface area (Å²) in [4.78, 5) is 14.7. The average Bonchev–Trinajstić information content (AvgIpc) is 3.11. The molecule has 1 aromatic heterocycles. The molecule has 0 spiro atoms. The van der Waals surface area contributed by atoms with Gasteiger partial charge in [0.1, 0.15) is 0 Å². The topological polar surface area (TPSA) is 59.3 Å². The lowest BCUT2D eigenvalue weighted by molar-refractivity contribution is -0.607. The molecule has 3 rings (SSSR count). The van der Waals surface area contributed by atoms with E-state index in [0.29, 0.717) is 11.3 Å². The summed E-state index contributed by atoms with van der Waals surface area (Å²) in [7, 11) is 0. The second-order valence-electron chi connectivity index (χ2n) is 6.29. The summed E-state index contributed by atoms with van der Waals surface area (Å²) in [5, 5.41) is 14.6. The molecule has 24 heavy (non-hydrogen) atoms. The van der Waals surface area contributed by atoms with E-state index in [4.69, 9.17) is 0 Å². The van der Waals surface area contributed by atoms with Gasteiger partial charge in [0.15, 0.2) is 6.20 Å². The van der Waals surface area contributed by atoms with Crippen molar-refractivity contribution in [3.63, 3.8) is 0 Å². The van der Waals surface area contributed by atoms with Crippen LogP contribution in [-0.2, 0) is 0 Å². The highest BCUT2D eigenvalue weighted by atomic mass is 16.5. The first-order valence-corrected chi connectivity index (χ1v) is 8.42. The smallest absolute Gasteiger partial charge is 0.317 e. The van der Waals surface area contributed by atoms with E-state index in [0.717, 1.165) is 13.1 Å². The maximum atomic E-state index is 12.3. The van der Waals surface area contributed by atoms with Crippen LogP contribution in [0.3, 0.4) is 0 Å². The summed E-state index contributed by atoms with van der Waals surface area (Å²) in [6.45, 7) is 4.65. The Morgan fingerprint density at radius 1 is 1.21 bits per heavy atom. The van der Waals surface area contributed by atoms with Crippen LogP contribution in [0.1, 0.15) is 40.5 Å². The van der Waals surface area contributed by atoms with Gasteiger partial charge in [-0.1, -0.05) is 29.8 Å². The Kier molecular flexibility index (Phi) is 5.11. The second kappa shape index (κ2) is 7.45. The van der Waals surface area contributed by atoms with Crippen molar-refractivity contribution in [3.05, 3.63) is 70.7 Å². The van der Waals surface area contributed by atoms with Gasteiger partial charge in [0.2, 0.25) is 0 Å². The molecule has 1 fully saturated rings. The van der Waals surface area contributed by atoms with Crippen molar-refractivity contribution in [1.29, 1.82) is 0 Å². The summed E-state index contributed by atoms with van der Waals surface area (Å²) >= 11 is 0. The highest BCUT2D eigenvalue weighted by Gasteiger charge is 2.25. The van der Waals surface area contributed by atoms with E-state index in [1.807, 2.05) is 0 Å². The van der Waals surface area contributed by atoms with Gasteiger partial charge in [-0.15, -0.1) is 0 Å². The van der Waals surface area contributed by atoms with Gasteiger partial charge in [-0.05, 0) is 44.5 Å². The predicted octanol–water partition coefficient (Wildman–Crippen LogP) is 2.20. The number of hydrogen-bond donors (Lipinski definition) is 1. The molecule has 0 aliphatic carbocycles. The number of likely N-dealkylation sites (tertiary alicyclic amines) is 1. The fourth-order valence-electron chi connectivity index (χ4n) is 3.18. The van der Waals surface area contributed by atoms with Crippen molar-refractivity contribution >= 4 is 5.91 Å². The Bertz CT molecular complexity index is 694. The first-order valence-electron chi connectivity index (χ1n) is 8.42. The molecule has 0 saturated carbocycles. The molecule has 2 heterocycles. The van der Waals surface area contributed by atoms with Gasteiger partial charge in [0, 0.05) is 18.7 Å². The van der Waals surface area contributed by atoms with E-state index in [1.54, 1.807) is 18.2 Å². The van der Waals surface area contributed by atoms with Crippen LogP contribution < -0.4 is 10.0 Å². The predicted molar refractivity (Wildman–Crippen MR) is 92.5 cm³/mol. The van der Waals surface area contributed by atoms with Gasteiger partial charge in [-0.25, -0.2) is 0 Å². The average molecular weight is 325 g/mol. The van der Waals surface area contributed by atoms with E-state index in [-0.39, 0.29) is 17.6 Å². The number of amides is 1. The van der Waals surface area contributed by atoms with Crippen LogP contribution in [0.25, 0.3) is 0 Å². The number of rotatable bonds is 5. The Balaban J connectivity index is 1.73. The van der Waals surface area contributed by atoms with Crippen LogP contribution in [-0.4, -0.2) is 30.4 Å². The SMILES string of the molecule is Cc1ccc(C(CNC(=O)c2cccc[n+]2[O-])N2CCCC2)cc1. The third kappa shape index (κ3) is 3.74. The van der Waals surface area contributed by atoms with E-state index >= 15 is 0 Å². The molecule has 126 valence electrons. The van der Waals surface area contributed by atoms with Crippen molar-refractivity contribution in [2.24, 2.45) is 0 Å². The Morgan fingerprint density at radius 3 is 2.58 bits per heavy atom. The maximum absolute atomic E-state index is 12.3. The largest absolute Gasteiger partial charge is 0.618 e. The quantitative estimate of drug-likeness (QED) is 0.677. The fourth-order valence-corrected chi connectivity index (χ4v) is 3.18. The highest BCUT2D eigenvalue weighted by molar-refractivity contribution is 5.90. The van der Waals surface area contributed by atoms with Crippen molar-refractivity contribution < 1.29 is 9.52 Å². The molecular weight excluding hydrogens is 302 g/mol. The van der Waals surface area contributed by atoms with Crippen LogP contribution in [0.2, 0.25) is 0 Å². The van der Waals surface area contributed by atoms with E-state index in [2.05, 4.69) is 41.4 Å². The maximum Gasteiger partial charge on any atom is 0.317 e. The van der Waals surface area contributed by atoms with Crippen molar-refractivity contribution in [1.82, 2.24) is 10.2 Å². The molecule has 5 heteroatoms. The summed E-state index contributed by atoms with van der Waals surface area (Å²) in [5.41, 5.74) is 2.55. The Morgan fingerprint density at radius 2 is 1.92 bits per heavy atom. The van der Waals surface area contributed by atoms with Gasteiger partial charge in [0.05, 0.1) is 6.04 Å². The third-order valence-electron chi connectivity index (χ3n) is 4.56. The zero-order chi connectivity index (χ0) is 16.9. The number of carbonyl (C=O) groups excluding carboxylic acids is 1. The molecular formula is C19H23N3O2. The minimum atomic E-state index is -0.332. The van der Waals surface area contributed by atoms with Gasteiger partial charge in [0.25, 0.3) is 5.69 Å². The fraction of sp³-hybridized carbons (Fsp3) is 0.368. The first kappa shape index (κ1) is 16.5. The summed E-state index contributed by atoms with van der Waals surface area (Å²) in [6, 6.07) is 13.4. The monoisotopic (exact) mass is 325 g/mol. The molecule has 2 aromatic rings. The van der Waals surface area contributed by atoms with Gasteiger partial charge in [-0.3, -0.25) is 9.69 Å². The second-order valence-corrected chi connectivity index (χ2v) is 6.29. The number of aromatic nitrogens is 1. The van der Waals surface area contributed by atoms with Crippen molar-refractivity contribution in [2.75, 3.05) is 19.6 Å². The van der Waals surface area contributed by atoms with E-state index < -0.39 is 0 Å². The normalized spacial score (nSPS) is 16.0. The van der Waals surface area contributed by atoms with Crippen molar-refractivity contribution in [2.45, 2.75) is 25.8 Å². The third-order valence-corrected chi connectivity index (χ3v) is 4.56. The number of aryl methyl sites for hydroxylation is 1. The van der Waals surface area contributed by atoms with Gasteiger partial charge >= 0.3 is 5.91 Å². The number of pyridine rings is 1. The number of nitrogens with zero attached hydrogens (tertiary/aromatic N) is 2. The summed E-state index contributed by atoms with van der Waals surface area (Å²) in [6.07, 6.45) is 3.72. The molecule has 1 atom stereocenters. The molecule has 1 aromatic carbocycles. The molecule has 1 N–H and O–H groups in total. The van der Waals surface area contributed by atoms with E-state index in [9.17, 15) is 10.0 Å². The Labute approximate surface area is 142 Å². The number of carbonyl (C=O) groups is 1. The summed E-state index contributed by atoms with van der Waals surface area (Å²) < 4.78 is 0.603. The molecule has 1 aliphatic heterocycles. The highest BCUT2D eigenvalue weighted by Crippen LogP contribution is 2.24. The van der Waals surface area contributed by atoms with Crippen LogP contribution in [0.4, 0.5) is 0 Å². The van der Waals surface area contributed by atoms with E-state index in [1.165, 1.54) is 30.2 Å². The lowest BCUT2D eigenvalue weighted by Crippen LogP contribution is -2.42. The molecule has 5 nitrogen and oxygen atoms in total. The molecule has 0 radical (unpaired) electrons. The number of benzene rings is 1. The lowest BCUT2D eigenvalue weighted by atomic mass is 10.0. The van der Waals surface area contributed by atoms with Gasteiger partial charge < -0.3 is 10.5 Å². The number of hydrogen-bond acceptors (Lipinski definition) is 3. The van der Waals surface area contributed by atoms with Crippen LogP contribution >= 0.6 is 0 Å². The Hall–Kier alpha value is -2.40. The van der Waals surface area contributed by atoms with Crippen molar-refractivity contribution in [3.8, 4) is 0 Å². The van der Waals surface area contributed by atoms with Crippen LogP contribution in [0.5, 0.6) is 0 Å². The lowest BCUT2D eigenvalue weighted by Gasteiger charge is -2.28. The molecule has 0 bridgehead atoms. The minimum Gasteiger partial charge on any atom is -0.618 e. The zero-order valence-electron chi connectivity index (χ0n) is 13.9. The zero-order valence-corrected chi connectivity index (χ0v) is 13.9. The summed E-state index contributed by atoms with van der Waals surface area (Å²) in [5.74, 6) is -0.332.